The number of ether oxygens (including phenoxy) is 1. The van der Waals surface area contributed by atoms with Crippen LogP contribution in [0.25, 0.3) is 0 Å². The lowest BCUT2D eigenvalue weighted by Gasteiger charge is -2.32. The second kappa shape index (κ2) is 13.3. The molecule has 38 heavy (non-hydrogen) atoms. The van der Waals surface area contributed by atoms with Crippen LogP contribution < -0.4 is 14.4 Å². The van der Waals surface area contributed by atoms with Crippen molar-refractivity contribution in [2.24, 2.45) is 0 Å². The number of rotatable bonds is 12. The number of carbonyl (C=O) groups is 2. The molecule has 0 aliphatic rings. The summed E-state index contributed by atoms with van der Waals surface area (Å²) >= 11 is 6.01. The maximum Gasteiger partial charge on any atom is 0.264 e. The second-order valence-corrected chi connectivity index (χ2v) is 10.8. The van der Waals surface area contributed by atoms with Gasteiger partial charge in [-0.2, -0.15) is 0 Å². The van der Waals surface area contributed by atoms with E-state index < -0.39 is 28.5 Å². The summed E-state index contributed by atoms with van der Waals surface area (Å²) in [4.78, 5) is 27.9. The minimum Gasteiger partial charge on any atom is -0.494 e. The van der Waals surface area contributed by atoms with Crippen LogP contribution >= 0.6 is 11.6 Å². The topological polar surface area (TPSA) is 96.0 Å². The van der Waals surface area contributed by atoms with Crippen molar-refractivity contribution in [1.29, 1.82) is 0 Å². The van der Waals surface area contributed by atoms with E-state index in [4.69, 9.17) is 16.3 Å². The van der Waals surface area contributed by atoms with Crippen molar-refractivity contribution in [3.63, 3.8) is 0 Å². The lowest BCUT2D eigenvalue weighted by molar-refractivity contribution is -0.139. The van der Waals surface area contributed by atoms with E-state index in [1.165, 1.54) is 17.0 Å². The molecule has 0 spiro atoms. The molecule has 0 heterocycles. The van der Waals surface area contributed by atoms with Crippen LogP contribution in [0.1, 0.15) is 26.3 Å². The Labute approximate surface area is 229 Å². The van der Waals surface area contributed by atoms with Gasteiger partial charge in [-0.25, -0.2) is 8.42 Å². The molecule has 0 unspecified atom stereocenters. The van der Waals surface area contributed by atoms with Crippen molar-refractivity contribution in [3.8, 4) is 5.75 Å². The van der Waals surface area contributed by atoms with Crippen LogP contribution in [0.3, 0.4) is 0 Å². The molecule has 0 aliphatic heterocycles. The average molecular weight is 558 g/mol. The first-order valence-corrected chi connectivity index (χ1v) is 14.1. The first kappa shape index (κ1) is 29.0. The molecule has 1 atom stereocenters. The Balaban J connectivity index is 1.98. The summed E-state index contributed by atoms with van der Waals surface area (Å²) in [5, 5.41) is 3.28. The Bertz CT molecular complexity index is 1320. The number of hydrogen-bond donors (Lipinski definition) is 1. The lowest BCUT2D eigenvalue weighted by atomic mass is 10.1. The standard InChI is InChI=1S/C28H32ClN3O5S/c1-4-30-28(34)21(3)31(19-22-11-13-23(29)14-12-22)27(33)20-32(24-9-7-6-8-10-24)38(35,36)26-17-15-25(16-18-26)37-5-2/h6-18,21H,4-5,19-20H2,1-3H3,(H,30,34)/t21-/m0/s1. The fourth-order valence-corrected chi connectivity index (χ4v) is 5.36. The van der Waals surface area contributed by atoms with Crippen LogP contribution in [0, 0.1) is 0 Å². The van der Waals surface area contributed by atoms with Crippen molar-refractivity contribution in [2.75, 3.05) is 24.0 Å². The molecule has 2 amide bonds. The molecule has 0 aromatic heterocycles. The first-order valence-electron chi connectivity index (χ1n) is 12.3. The zero-order chi connectivity index (χ0) is 27.7. The van der Waals surface area contributed by atoms with E-state index in [-0.39, 0.29) is 17.3 Å². The normalized spacial score (nSPS) is 11.9. The maximum atomic E-state index is 13.8. The van der Waals surface area contributed by atoms with Crippen LogP contribution in [-0.2, 0) is 26.2 Å². The smallest absolute Gasteiger partial charge is 0.264 e. The zero-order valence-corrected chi connectivity index (χ0v) is 23.2. The highest BCUT2D eigenvalue weighted by molar-refractivity contribution is 7.92. The highest BCUT2D eigenvalue weighted by Crippen LogP contribution is 2.26. The van der Waals surface area contributed by atoms with Crippen LogP contribution in [0.4, 0.5) is 5.69 Å². The first-order chi connectivity index (χ1) is 18.2. The maximum absolute atomic E-state index is 13.8. The molecule has 8 nitrogen and oxygen atoms in total. The van der Waals surface area contributed by atoms with Gasteiger partial charge in [-0.1, -0.05) is 41.9 Å². The van der Waals surface area contributed by atoms with Crippen molar-refractivity contribution in [3.05, 3.63) is 89.4 Å². The quantitative estimate of drug-likeness (QED) is 0.354. The van der Waals surface area contributed by atoms with Crippen molar-refractivity contribution in [2.45, 2.75) is 38.3 Å². The SMILES string of the molecule is CCNC(=O)[C@H](C)N(Cc1ccc(Cl)cc1)C(=O)CN(c1ccccc1)S(=O)(=O)c1ccc(OCC)cc1. The van der Waals surface area contributed by atoms with Gasteiger partial charge in [0, 0.05) is 18.1 Å². The van der Waals surface area contributed by atoms with Gasteiger partial charge in [-0.15, -0.1) is 0 Å². The van der Waals surface area contributed by atoms with Gasteiger partial charge in [-0.3, -0.25) is 13.9 Å². The Morgan fingerprint density at radius 3 is 2.16 bits per heavy atom. The van der Waals surface area contributed by atoms with Crippen molar-refractivity contribution >= 4 is 39.1 Å². The Kier molecular flexibility index (Phi) is 10.2. The monoisotopic (exact) mass is 557 g/mol. The number of amides is 2. The van der Waals surface area contributed by atoms with E-state index in [2.05, 4.69) is 5.32 Å². The lowest BCUT2D eigenvalue weighted by Crippen LogP contribution is -2.51. The summed E-state index contributed by atoms with van der Waals surface area (Å²) in [6.45, 7) is 5.68. The molecule has 10 heteroatoms. The average Bonchev–Trinajstić information content (AvgIpc) is 2.92. The number of para-hydroxylation sites is 1. The molecule has 0 bridgehead atoms. The van der Waals surface area contributed by atoms with Gasteiger partial charge in [-0.05, 0) is 74.9 Å². The van der Waals surface area contributed by atoms with E-state index in [1.54, 1.807) is 80.6 Å². The number of nitrogens with zero attached hydrogens (tertiary/aromatic N) is 2. The summed E-state index contributed by atoms with van der Waals surface area (Å²) in [5.41, 5.74) is 1.08. The number of carbonyl (C=O) groups excluding carboxylic acids is 2. The molecule has 202 valence electrons. The number of likely N-dealkylation sites (N-methyl/N-ethyl adjacent to an activating group) is 1. The Morgan fingerprint density at radius 2 is 1.58 bits per heavy atom. The van der Waals surface area contributed by atoms with Crippen LogP contribution in [0.2, 0.25) is 5.02 Å². The number of halogens is 1. The van der Waals surface area contributed by atoms with Crippen molar-refractivity contribution < 1.29 is 22.7 Å². The van der Waals surface area contributed by atoms with Gasteiger partial charge in [0.15, 0.2) is 0 Å². The largest absolute Gasteiger partial charge is 0.494 e. The van der Waals surface area contributed by atoms with Gasteiger partial charge in [0.25, 0.3) is 10.0 Å². The summed E-state index contributed by atoms with van der Waals surface area (Å²) in [7, 11) is -4.14. The van der Waals surface area contributed by atoms with Gasteiger partial charge >= 0.3 is 0 Å². The molecule has 0 radical (unpaired) electrons. The molecule has 0 saturated heterocycles. The Morgan fingerprint density at radius 1 is 0.947 bits per heavy atom. The third-order valence-electron chi connectivity index (χ3n) is 5.83. The minimum atomic E-state index is -4.14. The molecule has 0 aliphatic carbocycles. The van der Waals surface area contributed by atoms with Crippen LogP contribution in [0.5, 0.6) is 5.75 Å². The fraction of sp³-hybridized carbons (Fsp3) is 0.286. The third-order valence-corrected chi connectivity index (χ3v) is 7.87. The fourth-order valence-electron chi connectivity index (χ4n) is 3.82. The molecule has 0 fully saturated rings. The molecule has 1 N–H and O–H groups in total. The van der Waals surface area contributed by atoms with Gasteiger partial charge in [0.05, 0.1) is 17.2 Å². The molecule has 0 saturated carbocycles. The Hall–Kier alpha value is -3.56. The minimum absolute atomic E-state index is 0.0126. The summed E-state index contributed by atoms with van der Waals surface area (Å²) in [6, 6.07) is 20.5. The number of sulfonamides is 1. The number of benzene rings is 3. The summed E-state index contributed by atoms with van der Waals surface area (Å²) in [5.74, 6) is -0.328. The van der Waals surface area contributed by atoms with E-state index >= 15 is 0 Å². The predicted octanol–water partition coefficient (Wildman–Crippen LogP) is 4.49. The zero-order valence-electron chi connectivity index (χ0n) is 21.6. The number of hydrogen-bond acceptors (Lipinski definition) is 5. The molecule has 3 aromatic rings. The summed E-state index contributed by atoms with van der Waals surface area (Å²) in [6.07, 6.45) is 0. The highest BCUT2D eigenvalue weighted by atomic mass is 35.5. The van der Waals surface area contributed by atoms with E-state index in [0.29, 0.717) is 29.6 Å². The number of anilines is 1. The molecule has 3 aromatic carbocycles. The van der Waals surface area contributed by atoms with Gasteiger partial charge in [0.1, 0.15) is 18.3 Å². The van der Waals surface area contributed by atoms with E-state index in [1.807, 2.05) is 6.92 Å². The highest BCUT2D eigenvalue weighted by Gasteiger charge is 2.32. The predicted molar refractivity (Wildman–Crippen MR) is 149 cm³/mol. The molecular weight excluding hydrogens is 526 g/mol. The second-order valence-electron chi connectivity index (χ2n) is 8.47. The number of nitrogens with one attached hydrogen (secondary N) is 1. The van der Waals surface area contributed by atoms with Gasteiger partial charge in [0.2, 0.25) is 11.8 Å². The summed E-state index contributed by atoms with van der Waals surface area (Å²) < 4.78 is 34.1. The van der Waals surface area contributed by atoms with E-state index in [0.717, 1.165) is 9.87 Å². The third kappa shape index (κ3) is 7.26. The van der Waals surface area contributed by atoms with Crippen LogP contribution in [-0.4, -0.2) is 50.9 Å². The van der Waals surface area contributed by atoms with Crippen molar-refractivity contribution in [1.82, 2.24) is 10.2 Å². The van der Waals surface area contributed by atoms with Crippen LogP contribution in [0.15, 0.2) is 83.8 Å². The molecular formula is C28H32ClN3O5S. The van der Waals surface area contributed by atoms with Gasteiger partial charge < -0.3 is 15.0 Å². The molecule has 3 rings (SSSR count). The van der Waals surface area contributed by atoms with E-state index in [9.17, 15) is 18.0 Å².